The Morgan fingerprint density at radius 3 is 2.62 bits per heavy atom. The van der Waals surface area contributed by atoms with Crippen LogP contribution in [0.1, 0.15) is 16.1 Å². The summed E-state index contributed by atoms with van der Waals surface area (Å²) in [6.45, 7) is 0.206. The minimum absolute atomic E-state index is 0.206. The number of benzene rings is 2. The summed E-state index contributed by atoms with van der Waals surface area (Å²) in [5.41, 5.74) is 3.04. The predicted octanol–water partition coefficient (Wildman–Crippen LogP) is 3.42. The third kappa shape index (κ3) is 4.18. The van der Waals surface area contributed by atoms with Crippen LogP contribution in [0.3, 0.4) is 0 Å². The highest BCUT2D eigenvalue weighted by molar-refractivity contribution is 6.30. The van der Waals surface area contributed by atoms with Gasteiger partial charge in [0.25, 0.3) is 17.8 Å². The molecular weight excluding hydrogens is 355 g/mol. The van der Waals surface area contributed by atoms with Gasteiger partial charge in [-0.25, -0.2) is 4.39 Å². The lowest BCUT2D eigenvalue weighted by atomic mass is 10.0. The van der Waals surface area contributed by atoms with Crippen LogP contribution in [0.4, 0.5) is 4.39 Å². The van der Waals surface area contributed by atoms with Crippen LogP contribution < -0.4 is 14.9 Å². The summed E-state index contributed by atoms with van der Waals surface area (Å²) in [5, 5.41) is 3.47. The van der Waals surface area contributed by atoms with Gasteiger partial charge in [-0.05, 0) is 41.5 Å². The molecule has 0 unspecified atom stereocenters. The van der Waals surface area contributed by atoms with E-state index in [0.29, 0.717) is 16.3 Å². The SMILES string of the molecule is CO[n+]1cc(F)ccc1CNC(=O)c1cccc(-c2ccc(Cl)cc2)c1. The molecule has 26 heavy (non-hydrogen) atoms. The summed E-state index contributed by atoms with van der Waals surface area (Å²) < 4.78 is 14.5. The highest BCUT2D eigenvalue weighted by Gasteiger charge is 2.15. The average molecular weight is 372 g/mol. The lowest BCUT2D eigenvalue weighted by Gasteiger charge is -2.07. The van der Waals surface area contributed by atoms with E-state index < -0.39 is 5.82 Å². The zero-order valence-electron chi connectivity index (χ0n) is 14.1. The van der Waals surface area contributed by atoms with E-state index in [-0.39, 0.29) is 12.5 Å². The highest BCUT2D eigenvalue weighted by atomic mass is 35.5. The van der Waals surface area contributed by atoms with Gasteiger partial charge in [0.15, 0.2) is 5.82 Å². The first-order chi connectivity index (χ1) is 12.6. The molecule has 3 aromatic rings. The van der Waals surface area contributed by atoms with Gasteiger partial charge in [0.1, 0.15) is 13.7 Å². The van der Waals surface area contributed by atoms with Crippen LogP contribution in [0.2, 0.25) is 5.02 Å². The van der Waals surface area contributed by atoms with E-state index in [9.17, 15) is 9.18 Å². The number of carbonyl (C=O) groups excluding carboxylic acids is 1. The summed E-state index contributed by atoms with van der Waals surface area (Å²) in [4.78, 5) is 17.5. The Morgan fingerprint density at radius 1 is 1.12 bits per heavy atom. The van der Waals surface area contributed by atoms with Crippen molar-refractivity contribution in [1.29, 1.82) is 0 Å². The van der Waals surface area contributed by atoms with E-state index in [2.05, 4.69) is 5.32 Å². The number of hydrogen-bond donors (Lipinski definition) is 1. The highest BCUT2D eigenvalue weighted by Crippen LogP contribution is 2.22. The number of pyridine rings is 1. The Bertz CT molecular complexity index is 929. The maximum Gasteiger partial charge on any atom is 0.258 e. The van der Waals surface area contributed by atoms with Crippen LogP contribution in [0.25, 0.3) is 11.1 Å². The molecule has 0 aliphatic heterocycles. The summed E-state index contributed by atoms with van der Waals surface area (Å²) in [7, 11) is 1.43. The van der Waals surface area contributed by atoms with Crippen LogP contribution in [0, 0.1) is 5.82 Å². The molecule has 1 aromatic heterocycles. The molecule has 0 radical (unpaired) electrons. The molecule has 0 spiro atoms. The second-order valence-electron chi connectivity index (χ2n) is 5.62. The number of carbonyl (C=O) groups is 1. The fraction of sp³-hybridized carbons (Fsp3) is 0.100. The first kappa shape index (κ1) is 17.9. The molecular formula is C20H17ClFN2O2+. The molecule has 1 amide bonds. The van der Waals surface area contributed by atoms with Gasteiger partial charge in [-0.15, -0.1) is 0 Å². The van der Waals surface area contributed by atoms with Gasteiger partial charge in [-0.3, -0.25) is 9.63 Å². The molecule has 0 saturated heterocycles. The fourth-order valence-corrected chi connectivity index (χ4v) is 2.68. The maximum absolute atomic E-state index is 13.2. The summed E-state index contributed by atoms with van der Waals surface area (Å²) in [5.74, 6) is -0.648. The van der Waals surface area contributed by atoms with Gasteiger partial charge < -0.3 is 5.32 Å². The van der Waals surface area contributed by atoms with Crippen molar-refractivity contribution < 1.29 is 18.8 Å². The largest absolute Gasteiger partial charge is 0.342 e. The van der Waals surface area contributed by atoms with Crippen LogP contribution in [-0.4, -0.2) is 13.0 Å². The lowest BCUT2D eigenvalue weighted by Crippen LogP contribution is -2.46. The van der Waals surface area contributed by atoms with Gasteiger partial charge in [-0.1, -0.05) is 35.9 Å². The Kier molecular flexibility index (Phi) is 5.49. The first-order valence-electron chi connectivity index (χ1n) is 7.95. The van der Waals surface area contributed by atoms with E-state index in [0.717, 1.165) is 11.1 Å². The molecule has 0 fully saturated rings. The summed E-state index contributed by atoms with van der Waals surface area (Å²) in [6, 6.07) is 17.6. The van der Waals surface area contributed by atoms with E-state index in [4.69, 9.17) is 16.4 Å². The van der Waals surface area contributed by atoms with Gasteiger partial charge in [-0.2, -0.15) is 0 Å². The fourth-order valence-electron chi connectivity index (χ4n) is 2.55. The third-order valence-corrected chi connectivity index (χ3v) is 4.14. The smallest absolute Gasteiger partial charge is 0.258 e. The van der Waals surface area contributed by atoms with Crippen molar-refractivity contribution in [1.82, 2.24) is 5.32 Å². The van der Waals surface area contributed by atoms with E-state index in [1.54, 1.807) is 12.1 Å². The number of nitrogens with one attached hydrogen (secondary N) is 1. The van der Waals surface area contributed by atoms with Crippen molar-refractivity contribution in [2.45, 2.75) is 6.54 Å². The zero-order chi connectivity index (χ0) is 18.5. The van der Waals surface area contributed by atoms with Crippen LogP contribution in [-0.2, 0) is 6.54 Å². The van der Waals surface area contributed by atoms with Crippen molar-refractivity contribution in [3.63, 3.8) is 0 Å². The molecule has 6 heteroatoms. The van der Waals surface area contributed by atoms with Crippen LogP contribution in [0.5, 0.6) is 0 Å². The van der Waals surface area contributed by atoms with Crippen molar-refractivity contribution in [2.24, 2.45) is 0 Å². The second-order valence-corrected chi connectivity index (χ2v) is 6.05. The van der Waals surface area contributed by atoms with E-state index in [1.165, 1.54) is 24.1 Å². The van der Waals surface area contributed by atoms with Crippen molar-refractivity contribution in [2.75, 3.05) is 7.11 Å². The average Bonchev–Trinajstić information content (AvgIpc) is 2.67. The number of amides is 1. The summed E-state index contributed by atoms with van der Waals surface area (Å²) in [6.07, 6.45) is 1.21. The number of rotatable bonds is 5. The summed E-state index contributed by atoms with van der Waals surface area (Å²) >= 11 is 5.91. The Hall–Kier alpha value is -2.92. The monoisotopic (exact) mass is 371 g/mol. The predicted molar refractivity (Wildman–Crippen MR) is 97.2 cm³/mol. The topological polar surface area (TPSA) is 42.2 Å². The Balaban J connectivity index is 1.74. The normalized spacial score (nSPS) is 10.4. The second kappa shape index (κ2) is 7.97. The van der Waals surface area contributed by atoms with Crippen molar-refractivity contribution in [3.05, 3.63) is 89.0 Å². The molecule has 132 valence electrons. The molecule has 4 nitrogen and oxygen atoms in total. The molecule has 1 N–H and O–H groups in total. The Morgan fingerprint density at radius 2 is 1.88 bits per heavy atom. The molecule has 1 heterocycles. The van der Waals surface area contributed by atoms with Crippen molar-refractivity contribution in [3.8, 4) is 11.1 Å². The molecule has 3 rings (SSSR count). The molecule has 0 aliphatic rings. The van der Waals surface area contributed by atoms with Crippen molar-refractivity contribution >= 4 is 17.5 Å². The quantitative estimate of drug-likeness (QED) is 0.698. The minimum Gasteiger partial charge on any atom is -0.342 e. The molecule has 2 aromatic carbocycles. The van der Waals surface area contributed by atoms with Gasteiger partial charge in [0.05, 0.1) is 0 Å². The van der Waals surface area contributed by atoms with Crippen LogP contribution >= 0.6 is 11.6 Å². The molecule has 0 saturated carbocycles. The zero-order valence-corrected chi connectivity index (χ0v) is 14.8. The van der Waals surface area contributed by atoms with Crippen LogP contribution in [0.15, 0.2) is 66.9 Å². The van der Waals surface area contributed by atoms with E-state index in [1.807, 2.05) is 42.5 Å². The molecule has 0 atom stereocenters. The van der Waals surface area contributed by atoms with E-state index >= 15 is 0 Å². The standard InChI is InChI=1S/C20H16ClFN2O2/c1-26-24-13-18(22)9-10-19(24)12-23-20(25)16-4-2-3-15(11-16)14-5-7-17(21)8-6-14/h2-11,13H,12H2,1H3/p+1. The number of nitrogens with zero attached hydrogens (tertiary/aromatic N) is 1. The number of hydrogen-bond acceptors (Lipinski definition) is 2. The lowest BCUT2D eigenvalue weighted by molar-refractivity contribution is -0.891. The molecule has 0 bridgehead atoms. The maximum atomic E-state index is 13.2. The first-order valence-corrected chi connectivity index (χ1v) is 8.33. The molecule has 0 aliphatic carbocycles. The van der Waals surface area contributed by atoms with Gasteiger partial charge >= 0.3 is 0 Å². The number of aromatic nitrogens is 1. The van der Waals surface area contributed by atoms with Gasteiger partial charge in [0.2, 0.25) is 0 Å². The Labute approximate surface area is 155 Å². The number of halogens is 2. The third-order valence-electron chi connectivity index (χ3n) is 3.89. The minimum atomic E-state index is -0.419. The van der Waals surface area contributed by atoms with Gasteiger partial charge in [0, 0.05) is 21.4 Å².